The number of aryl methyl sites for hydroxylation is 4. The van der Waals surface area contributed by atoms with Gasteiger partial charge in [0.15, 0.2) is 0 Å². The van der Waals surface area contributed by atoms with Gasteiger partial charge in [0.05, 0.1) is 0 Å². The van der Waals surface area contributed by atoms with Gasteiger partial charge in [0.2, 0.25) is 0 Å². The molecule has 0 bridgehead atoms. The molecule has 0 aliphatic rings. The van der Waals surface area contributed by atoms with Gasteiger partial charge in [0.25, 0.3) is 0 Å². The van der Waals surface area contributed by atoms with Crippen LogP contribution in [0.5, 0.6) is 17.2 Å². The zero-order valence-corrected chi connectivity index (χ0v) is 31.3. The van der Waals surface area contributed by atoms with E-state index in [1.165, 1.54) is 22.3 Å². The molecule has 260 valence electrons. The van der Waals surface area contributed by atoms with Crippen molar-refractivity contribution < 1.29 is 14.7 Å². The molecule has 0 aliphatic carbocycles. The van der Waals surface area contributed by atoms with Crippen LogP contribution in [0.25, 0.3) is 0 Å². The van der Waals surface area contributed by atoms with Crippen LogP contribution in [-0.4, -0.2) is 10.2 Å². The molecule has 0 aromatic heterocycles. The van der Waals surface area contributed by atoms with Crippen LogP contribution in [0, 0.1) is 27.7 Å². The van der Waals surface area contributed by atoms with Crippen LogP contribution in [0.3, 0.4) is 0 Å². The summed E-state index contributed by atoms with van der Waals surface area (Å²) in [6.07, 6.45) is 0. The summed E-state index contributed by atoms with van der Waals surface area (Å²) in [5.41, 5.74) is 7.23. The molecule has 0 atom stereocenters. The predicted molar refractivity (Wildman–Crippen MR) is 219 cm³/mol. The van der Waals surface area contributed by atoms with Crippen LogP contribution >= 0.6 is 6.83 Å². The first kappa shape index (κ1) is 34.8. The Morgan fingerprint density at radius 1 is 0.365 bits per heavy atom. The van der Waals surface area contributed by atoms with E-state index in [1.807, 2.05) is 24.3 Å². The van der Waals surface area contributed by atoms with Gasteiger partial charge >= 0.3 is 309 Å². The van der Waals surface area contributed by atoms with Crippen molar-refractivity contribution in [1.29, 1.82) is 0 Å². The van der Waals surface area contributed by atoms with E-state index in [2.05, 4.69) is 156 Å². The van der Waals surface area contributed by atoms with E-state index in [1.54, 1.807) is 24.3 Å². The van der Waals surface area contributed by atoms with Crippen LogP contribution in [-0.2, 0) is 5.41 Å². The third-order valence-corrected chi connectivity index (χ3v) is 16.4. The maximum absolute atomic E-state index is 10.2. The molecule has 0 radical (unpaired) electrons. The van der Waals surface area contributed by atoms with Gasteiger partial charge in [0, 0.05) is 0 Å². The van der Waals surface area contributed by atoms with Gasteiger partial charge in [-0.3, -0.25) is 0 Å². The fraction of sp³-hybridized carbons (Fsp3) is 0.125. The van der Waals surface area contributed by atoms with Crippen molar-refractivity contribution in [3.8, 4) is 17.2 Å². The van der Waals surface area contributed by atoms with E-state index in [0.29, 0.717) is 0 Å². The quantitative estimate of drug-likeness (QED) is 0.117. The molecule has 0 fully saturated rings. The average Bonchev–Trinajstić information content (AvgIpc) is 3.16. The SMILES string of the molecule is Cc1ccc(P(Oc2ccc(C(C)(c3ccc(O)cc3)c3ccc(O)cc3)cc2)(c2ccc(C)cc2)(c2ccc(C)cc2)c2ccc(C)cc2)cc1. The summed E-state index contributed by atoms with van der Waals surface area (Å²) >= 11 is 0. The number of phenolic OH excluding ortho intramolecular Hbond substituents is 2. The molecule has 0 heterocycles. The molecular weight excluding hydrogens is 655 g/mol. The van der Waals surface area contributed by atoms with E-state index in [-0.39, 0.29) is 11.5 Å². The van der Waals surface area contributed by atoms with E-state index in [4.69, 9.17) is 4.52 Å². The second-order valence-corrected chi connectivity index (χ2v) is 18.5. The van der Waals surface area contributed by atoms with Crippen LogP contribution in [0.1, 0.15) is 45.9 Å². The van der Waals surface area contributed by atoms with Gasteiger partial charge in [-0.1, -0.05) is 0 Å². The minimum absolute atomic E-state index is 0.214. The van der Waals surface area contributed by atoms with Gasteiger partial charge in [-0.05, 0) is 0 Å². The van der Waals surface area contributed by atoms with Gasteiger partial charge in [-0.25, -0.2) is 0 Å². The molecule has 0 saturated heterocycles. The van der Waals surface area contributed by atoms with Gasteiger partial charge < -0.3 is 0 Å². The van der Waals surface area contributed by atoms with Crippen LogP contribution in [0.2, 0.25) is 0 Å². The minimum atomic E-state index is -3.99. The van der Waals surface area contributed by atoms with Crippen molar-refractivity contribution in [2.75, 3.05) is 0 Å². The second-order valence-electron chi connectivity index (χ2n) is 14.2. The van der Waals surface area contributed by atoms with Crippen molar-refractivity contribution in [3.05, 3.63) is 209 Å². The van der Waals surface area contributed by atoms with Gasteiger partial charge in [-0.2, -0.15) is 0 Å². The fourth-order valence-electron chi connectivity index (χ4n) is 7.57. The van der Waals surface area contributed by atoms with Crippen molar-refractivity contribution in [1.82, 2.24) is 0 Å². The summed E-state index contributed by atoms with van der Waals surface area (Å²) in [5.74, 6) is 1.18. The van der Waals surface area contributed by atoms with Crippen LogP contribution in [0.15, 0.2) is 170 Å². The zero-order valence-electron chi connectivity index (χ0n) is 30.4. The Bertz CT molecular complexity index is 2050. The molecule has 7 aromatic carbocycles. The van der Waals surface area contributed by atoms with E-state index < -0.39 is 12.2 Å². The summed E-state index contributed by atoms with van der Waals surface area (Å²) in [6, 6.07) is 58.9. The maximum atomic E-state index is 10.2. The van der Waals surface area contributed by atoms with Crippen LogP contribution < -0.4 is 25.7 Å². The standard InChI is InChI=1S/C48H45O3P/c1-34-6-26-44(27-7-34)52(45-28-8-35(2)9-29-45,46-30-10-36(3)11-31-46,47-32-12-37(4)13-33-47)51-43-24-18-40(19-25-43)48(5,38-14-20-41(49)21-15-38)39-16-22-42(50)23-17-39/h6-33,49-50H,1-5H3. The molecule has 0 amide bonds. The molecule has 0 unspecified atom stereocenters. The number of hydrogen-bond acceptors (Lipinski definition) is 3. The van der Waals surface area contributed by atoms with Crippen molar-refractivity contribution in [2.45, 2.75) is 40.0 Å². The number of benzene rings is 7. The number of phenols is 2. The summed E-state index contributed by atoms with van der Waals surface area (Å²) in [4.78, 5) is 0. The summed E-state index contributed by atoms with van der Waals surface area (Å²) < 4.78 is 7.97. The number of aromatic hydroxyl groups is 2. The van der Waals surface area contributed by atoms with E-state index in [0.717, 1.165) is 43.7 Å². The van der Waals surface area contributed by atoms with Crippen molar-refractivity contribution >= 4 is 28.0 Å². The Balaban J connectivity index is 1.52. The summed E-state index contributed by atoms with van der Waals surface area (Å²) in [6.45, 7) is 6.70. The van der Waals surface area contributed by atoms with Crippen molar-refractivity contribution in [2.24, 2.45) is 0 Å². The Kier molecular flexibility index (Phi) is 9.03. The second kappa shape index (κ2) is 13.5. The molecule has 52 heavy (non-hydrogen) atoms. The molecule has 0 spiro atoms. The van der Waals surface area contributed by atoms with Gasteiger partial charge in [-0.15, -0.1) is 0 Å². The third-order valence-electron chi connectivity index (χ3n) is 10.7. The van der Waals surface area contributed by atoms with E-state index in [9.17, 15) is 10.2 Å². The number of hydrogen-bond donors (Lipinski definition) is 2. The van der Waals surface area contributed by atoms with Crippen molar-refractivity contribution in [3.63, 3.8) is 0 Å². The molecule has 0 saturated carbocycles. The average molecular weight is 701 g/mol. The molecule has 7 rings (SSSR count). The fourth-order valence-corrected chi connectivity index (χ4v) is 13.2. The first-order valence-electron chi connectivity index (χ1n) is 17.7. The Labute approximate surface area is 307 Å². The number of rotatable bonds is 9. The Hall–Kier alpha value is -5.63. The van der Waals surface area contributed by atoms with E-state index >= 15 is 0 Å². The monoisotopic (exact) mass is 700 g/mol. The van der Waals surface area contributed by atoms with Gasteiger partial charge in [0.1, 0.15) is 0 Å². The zero-order chi connectivity index (χ0) is 36.5. The first-order valence-corrected chi connectivity index (χ1v) is 19.9. The molecule has 3 nitrogen and oxygen atoms in total. The normalized spacial score (nSPS) is 12.5. The Morgan fingerprint density at radius 2 is 0.615 bits per heavy atom. The molecular formula is C48H45O3P. The molecule has 0 aliphatic heterocycles. The molecule has 7 aromatic rings. The topological polar surface area (TPSA) is 49.7 Å². The predicted octanol–water partition coefficient (Wildman–Crippen LogP) is 9.83. The summed E-state index contributed by atoms with van der Waals surface area (Å²) in [7, 11) is 0. The molecule has 2 N–H and O–H groups in total. The first-order chi connectivity index (χ1) is 25.0. The van der Waals surface area contributed by atoms with Crippen LogP contribution in [0.4, 0.5) is 0 Å². The third kappa shape index (κ3) is 5.76. The Morgan fingerprint density at radius 3 is 0.885 bits per heavy atom. The molecule has 4 heteroatoms. The summed E-state index contributed by atoms with van der Waals surface area (Å²) in [5, 5.41) is 24.8.